The smallest absolute Gasteiger partial charge is 0.410 e. The average Bonchev–Trinajstić information content (AvgIpc) is 2.48. The van der Waals surface area contributed by atoms with Gasteiger partial charge in [0.15, 0.2) is 0 Å². The van der Waals surface area contributed by atoms with Crippen molar-refractivity contribution in [2.24, 2.45) is 4.99 Å². The van der Waals surface area contributed by atoms with Crippen LogP contribution in [0.15, 0.2) is 21.6 Å². The summed E-state index contributed by atoms with van der Waals surface area (Å²) < 4.78 is 19.1. The number of piperidine rings is 1. The standard InChI is InChI=1S/C17H23BrFN3O2/c1-17(2,3)24-16(23)22-6-4-12(5-7-22)21-10-11-8-13(18)14(19)9-15(11)20/h8-10,12H,4-7,20H2,1-3H3. The number of benzene rings is 1. The summed E-state index contributed by atoms with van der Waals surface area (Å²) in [5.41, 5.74) is 6.35. The van der Waals surface area contributed by atoms with Crippen LogP contribution in [0.5, 0.6) is 0 Å². The molecule has 0 atom stereocenters. The van der Waals surface area contributed by atoms with Crippen molar-refractivity contribution in [3.8, 4) is 0 Å². The van der Waals surface area contributed by atoms with Crippen molar-refractivity contribution in [3.05, 3.63) is 28.0 Å². The van der Waals surface area contributed by atoms with Crippen LogP contribution in [-0.2, 0) is 4.74 Å². The Morgan fingerprint density at radius 3 is 2.62 bits per heavy atom. The highest BCUT2D eigenvalue weighted by Gasteiger charge is 2.26. The Bertz CT molecular complexity index is 635. The maximum atomic E-state index is 13.4. The summed E-state index contributed by atoms with van der Waals surface area (Å²) in [6.45, 7) is 6.78. The predicted octanol–water partition coefficient (Wildman–Crippen LogP) is 3.99. The Morgan fingerprint density at radius 2 is 2.04 bits per heavy atom. The van der Waals surface area contributed by atoms with Crippen LogP contribution in [0.2, 0.25) is 0 Å². The Hall–Kier alpha value is -1.63. The van der Waals surface area contributed by atoms with Crippen LogP contribution >= 0.6 is 15.9 Å². The molecule has 24 heavy (non-hydrogen) atoms. The van der Waals surface area contributed by atoms with E-state index >= 15 is 0 Å². The van der Waals surface area contributed by atoms with Gasteiger partial charge in [-0.05, 0) is 61.7 Å². The van der Waals surface area contributed by atoms with Gasteiger partial charge in [0.2, 0.25) is 0 Å². The molecule has 1 aliphatic rings. The van der Waals surface area contributed by atoms with E-state index in [2.05, 4.69) is 20.9 Å². The minimum absolute atomic E-state index is 0.118. The van der Waals surface area contributed by atoms with Crippen molar-refractivity contribution >= 4 is 33.9 Å². The maximum Gasteiger partial charge on any atom is 0.410 e. The number of aliphatic imine (C=N–C) groups is 1. The fourth-order valence-corrected chi connectivity index (χ4v) is 2.76. The van der Waals surface area contributed by atoms with Crippen LogP contribution in [0, 0.1) is 5.82 Å². The van der Waals surface area contributed by atoms with Crippen molar-refractivity contribution in [3.63, 3.8) is 0 Å². The van der Waals surface area contributed by atoms with Crippen LogP contribution in [-0.4, -0.2) is 41.9 Å². The first-order valence-corrected chi connectivity index (χ1v) is 8.70. The Balaban J connectivity index is 1.91. The quantitative estimate of drug-likeness (QED) is 0.603. The number of likely N-dealkylation sites (tertiary alicyclic amines) is 1. The predicted molar refractivity (Wildman–Crippen MR) is 96.9 cm³/mol. The molecule has 1 amide bonds. The second-order valence-electron chi connectivity index (χ2n) is 6.87. The minimum Gasteiger partial charge on any atom is -0.444 e. The SMILES string of the molecule is CC(C)(C)OC(=O)N1CCC(N=Cc2cc(Br)c(F)cc2N)CC1. The Kier molecular flexibility index (Phi) is 5.85. The minimum atomic E-state index is -0.487. The maximum absolute atomic E-state index is 13.4. The van der Waals surface area contributed by atoms with E-state index in [4.69, 9.17) is 10.5 Å². The highest BCUT2D eigenvalue weighted by molar-refractivity contribution is 9.10. The molecule has 0 spiro atoms. The fraction of sp³-hybridized carbons (Fsp3) is 0.529. The average molecular weight is 400 g/mol. The van der Waals surface area contributed by atoms with Crippen LogP contribution in [0.1, 0.15) is 39.2 Å². The number of nitrogen functional groups attached to an aromatic ring is 1. The lowest BCUT2D eigenvalue weighted by Gasteiger charge is -2.32. The summed E-state index contributed by atoms with van der Waals surface area (Å²) in [6, 6.07) is 3.01. The van der Waals surface area contributed by atoms with E-state index < -0.39 is 11.4 Å². The number of amides is 1. The number of hydrogen-bond donors (Lipinski definition) is 1. The lowest BCUT2D eigenvalue weighted by molar-refractivity contribution is 0.0207. The Morgan fingerprint density at radius 1 is 1.42 bits per heavy atom. The molecule has 1 saturated heterocycles. The normalized spacial score (nSPS) is 16.6. The lowest BCUT2D eigenvalue weighted by atomic mass is 10.1. The molecule has 1 fully saturated rings. The van der Waals surface area contributed by atoms with Gasteiger partial charge in [0.25, 0.3) is 0 Å². The van der Waals surface area contributed by atoms with Gasteiger partial charge in [-0.2, -0.15) is 0 Å². The summed E-state index contributed by atoms with van der Waals surface area (Å²) in [7, 11) is 0. The molecular formula is C17H23BrFN3O2. The molecule has 0 saturated carbocycles. The second kappa shape index (κ2) is 7.51. The lowest BCUT2D eigenvalue weighted by Crippen LogP contribution is -2.42. The van der Waals surface area contributed by atoms with Gasteiger partial charge < -0.3 is 15.4 Å². The van der Waals surface area contributed by atoms with E-state index in [1.54, 1.807) is 17.2 Å². The highest BCUT2D eigenvalue weighted by Crippen LogP contribution is 2.22. The van der Waals surface area contributed by atoms with Gasteiger partial charge >= 0.3 is 6.09 Å². The van der Waals surface area contributed by atoms with Gasteiger partial charge in [0.1, 0.15) is 11.4 Å². The summed E-state index contributed by atoms with van der Waals surface area (Å²) >= 11 is 3.14. The van der Waals surface area contributed by atoms with Crippen molar-refractivity contribution < 1.29 is 13.9 Å². The fourth-order valence-electron chi connectivity index (χ4n) is 2.40. The molecule has 0 aromatic heterocycles. The molecule has 1 aromatic rings. The summed E-state index contributed by atoms with van der Waals surface area (Å²) in [5, 5.41) is 0. The monoisotopic (exact) mass is 399 g/mol. The van der Waals surface area contributed by atoms with Crippen LogP contribution in [0.3, 0.4) is 0 Å². The molecule has 1 heterocycles. The number of rotatable bonds is 2. The zero-order chi connectivity index (χ0) is 17.9. The van der Waals surface area contributed by atoms with Crippen LogP contribution < -0.4 is 5.73 Å². The number of hydrogen-bond acceptors (Lipinski definition) is 4. The van der Waals surface area contributed by atoms with E-state index in [-0.39, 0.29) is 12.1 Å². The van der Waals surface area contributed by atoms with Crippen LogP contribution in [0.4, 0.5) is 14.9 Å². The topological polar surface area (TPSA) is 67.9 Å². The Labute approximate surface area is 150 Å². The van der Waals surface area contributed by atoms with Crippen molar-refractivity contribution in [1.82, 2.24) is 4.90 Å². The number of anilines is 1. The third kappa shape index (κ3) is 5.19. The van der Waals surface area contributed by atoms with Gasteiger partial charge in [-0.1, -0.05) is 0 Å². The molecule has 0 radical (unpaired) electrons. The third-order valence-corrected chi connectivity index (χ3v) is 4.27. The molecule has 0 unspecified atom stereocenters. The van der Waals surface area contributed by atoms with E-state index in [0.717, 1.165) is 12.8 Å². The number of ether oxygens (including phenoxy) is 1. The molecule has 2 rings (SSSR count). The van der Waals surface area contributed by atoms with Crippen molar-refractivity contribution in [1.29, 1.82) is 0 Å². The number of nitrogens with zero attached hydrogens (tertiary/aromatic N) is 2. The molecule has 7 heteroatoms. The molecule has 5 nitrogen and oxygen atoms in total. The second-order valence-corrected chi connectivity index (χ2v) is 7.73. The van der Waals surface area contributed by atoms with Crippen molar-refractivity contribution in [2.75, 3.05) is 18.8 Å². The number of carbonyl (C=O) groups excluding carboxylic acids is 1. The van der Waals surface area contributed by atoms with Gasteiger partial charge in [0.05, 0.1) is 10.5 Å². The first kappa shape index (κ1) is 18.7. The molecular weight excluding hydrogens is 377 g/mol. The first-order valence-electron chi connectivity index (χ1n) is 7.91. The van der Waals surface area contributed by atoms with Gasteiger partial charge in [0, 0.05) is 30.6 Å². The summed E-state index contributed by atoms with van der Waals surface area (Å²) in [6.07, 6.45) is 2.92. The molecule has 0 aliphatic carbocycles. The molecule has 1 aliphatic heterocycles. The number of carbonyl (C=O) groups is 1. The van der Waals surface area contributed by atoms with E-state index in [1.165, 1.54) is 6.07 Å². The molecule has 1 aromatic carbocycles. The number of nitrogens with two attached hydrogens (primary N) is 1. The van der Waals surface area contributed by atoms with E-state index in [9.17, 15) is 9.18 Å². The van der Waals surface area contributed by atoms with E-state index in [0.29, 0.717) is 28.8 Å². The van der Waals surface area contributed by atoms with Gasteiger partial charge in [-0.25, -0.2) is 9.18 Å². The number of halogens is 2. The largest absolute Gasteiger partial charge is 0.444 e. The summed E-state index contributed by atoms with van der Waals surface area (Å²) in [5.74, 6) is -0.393. The molecule has 2 N–H and O–H groups in total. The zero-order valence-electron chi connectivity index (χ0n) is 14.2. The zero-order valence-corrected chi connectivity index (χ0v) is 15.8. The van der Waals surface area contributed by atoms with E-state index in [1.807, 2.05) is 20.8 Å². The van der Waals surface area contributed by atoms with Crippen LogP contribution in [0.25, 0.3) is 0 Å². The van der Waals surface area contributed by atoms with Gasteiger partial charge in [-0.3, -0.25) is 4.99 Å². The third-order valence-electron chi connectivity index (χ3n) is 3.67. The molecule has 132 valence electrons. The summed E-state index contributed by atoms with van der Waals surface area (Å²) in [4.78, 5) is 18.3. The highest BCUT2D eigenvalue weighted by atomic mass is 79.9. The van der Waals surface area contributed by atoms with Crippen molar-refractivity contribution in [2.45, 2.75) is 45.3 Å². The van der Waals surface area contributed by atoms with Gasteiger partial charge in [-0.15, -0.1) is 0 Å². The first-order chi connectivity index (χ1) is 11.2. The molecule has 0 bridgehead atoms.